The van der Waals surface area contributed by atoms with Crippen LogP contribution in [-0.4, -0.2) is 45.6 Å². The van der Waals surface area contributed by atoms with Crippen LogP contribution in [0.15, 0.2) is 11.8 Å². The van der Waals surface area contributed by atoms with E-state index in [9.17, 15) is 14.4 Å². The lowest BCUT2D eigenvalue weighted by Crippen LogP contribution is -2.32. The monoisotopic (exact) mass is 394 g/mol. The first-order valence-electron chi connectivity index (χ1n) is 7.95. The molecule has 0 aromatic rings. The van der Waals surface area contributed by atoms with Crippen LogP contribution in [0.5, 0.6) is 0 Å². The number of halogens is 1. The zero-order chi connectivity index (χ0) is 18.3. The maximum atomic E-state index is 12.0. The Morgan fingerprint density at radius 1 is 1.32 bits per heavy atom. The number of carboxylic acid groups (broad SMARTS) is 2. The Bertz CT molecular complexity index is 525. The van der Waals surface area contributed by atoms with E-state index in [-0.39, 0.29) is 35.3 Å². The number of carbonyl (C=O) groups excluding carboxylic acids is 1. The highest BCUT2D eigenvalue weighted by molar-refractivity contribution is 7.99. The summed E-state index contributed by atoms with van der Waals surface area (Å²) in [7, 11) is 0. The summed E-state index contributed by atoms with van der Waals surface area (Å²) in [6.07, 6.45) is 4.44. The van der Waals surface area contributed by atoms with Crippen LogP contribution >= 0.6 is 24.2 Å². The maximum Gasteiger partial charge on any atom is 0.352 e. The predicted molar refractivity (Wildman–Crippen MR) is 99.8 cm³/mol. The van der Waals surface area contributed by atoms with Gasteiger partial charge in [-0.25, -0.2) is 4.79 Å². The number of thioether (sulfide) groups is 1. The molecule has 1 aliphatic carbocycles. The Morgan fingerprint density at radius 2 is 1.92 bits per heavy atom. The molecule has 0 aromatic heterocycles. The molecule has 1 amide bonds. The molecule has 25 heavy (non-hydrogen) atoms. The van der Waals surface area contributed by atoms with Crippen molar-refractivity contribution in [3.8, 4) is 0 Å². The third-order valence-electron chi connectivity index (χ3n) is 4.02. The Labute approximate surface area is 158 Å². The predicted octanol–water partition coefficient (Wildman–Crippen LogP) is 1.85. The van der Waals surface area contributed by atoms with E-state index in [0.717, 1.165) is 25.0 Å². The first-order chi connectivity index (χ1) is 11.1. The minimum atomic E-state index is -1.14. The van der Waals surface area contributed by atoms with Crippen molar-refractivity contribution in [3.05, 3.63) is 11.8 Å². The van der Waals surface area contributed by atoms with Crippen LogP contribution in [0.4, 0.5) is 0 Å². The molecule has 0 bridgehead atoms. The van der Waals surface area contributed by atoms with Gasteiger partial charge >= 0.3 is 11.9 Å². The van der Waals surface area contributed by atoms with Crippen molar-refractivity contribution >= 4 is 42.0 Å². The summed E-state index contributed by atoms with van der Waals surface area (Å²) in [4.78, 5) is 33.7. The summed E-state index contributed by atoms with van der Waals surface area (Å²) < 4.78 is 0. The van der Waals surface area contributed by atoms with Crippen molar-refractivity contribution in [3.63, 3.8) is 0 Å². The number of nitrogens with two attached hydrogens (primary N) is 1. The van der Waals surface area contributed by atoms with Crippen LogP contribution < -0.4 is 11.1 Å². The second-order valence-electron chi connectivity index (χ2n) is 6.67. The Balaban J connectivity index is 0.00000576. The first-order valence-corrected chi connectivity index (χ1v) is 9.11. The van der Waals surface area contributed by atoms with E-state index in [1.54, 1.807) is 0 Å². The average molecular weight is 395 g/mol. The quantitative estimate of drug-likeness (QED) is 0.311. The summed E-state index contributed by atoms with van der Waals surface area (Å²) >= 11 is 1.46. The summed E-state index contributed by atoms with van der Waals surface area (Å²) in [6, 6.07) is -0.851. The summed E-state index contributed by atoms with van der Waals surface area (Å²) in [5.41, 5.74) is 5.28. The van der Waals surface area contributed by atoms with Crippen molar-refractivity contribution in [1.82, 2.24) is 5.32 Å². The zero-order valence-corrected chi connectivity index (χ0v) is 16.1. The molecule has 0 aliphatic heterocycles. The van der Waals surface area contributed by atoms with Crippen molar-refractivity contribution in [2.45, 2.75) is 45.6 Å². The summed E-state index contributed by atoms with van der Waals surface area (Å²) in [5, 5.41) is 20.3. The van der Waals surface area contributed by atoms with E-state index < -0.39 is 18.0 Å². The molecule has 0 radical (unpaired) electrons. The molecule has 0 unspecified atom stereocenters. The zero-order valence-electron chi connectivity index (χ0n) is 14.5. The minimum Gasteiger partial charge on any atom is -0.480 e. The lowest BCUT2D eigenvalue weighted by molar-refractivity contribution is -0.138. The number of rotatable bonds is 11. The number of hydrogen-bond acceptors (Lipinski definition) is 5. The normalized spacial score (nSPS) is 19.5. The number of unbranched alkanes of at least 4 members (excludes halogenated alkanes) is 2. The number of hydrogen-bond donors (Lipinski definition) is 4. The van der Waals surface area contributed by atoms with Crippen LogP contribution in [0.1, 0.15) is 39.5 Å². The molecule has 0 saturated heterocycles. The molecule has 2 atom stereocenters. The Hall–Kier alpha value is -1.25. The molecule has 1 saturated carbocycles. The van der Waals surface area contributed by atoms with Crippen molar-refractivity contribution in [1.29, 1.82) is 0 Å². The van der Waals surface area contributed by atoms with E-state index in [2.05, 4.69) is 5.32 Å². The van der Waals surface area contributed by atoms with E-state index in [1.165, 1.54) is 17.8 Å². The first kappa shape index (κ1) is 23.8. The van der Waals surface area contributed by atoms with Gasteiger partial charge in [0.1, 0.15) is 11.7 Å². The summed E-state index contributed by atoms with van der Waals surface area (Å²) in [5.74, 6) is -1.37. The van der Waals surface area contributed by atoms with Crippen molar-refractivity contribution < 1.29 is 24.6 Å². The third-order valence-corrected chi connectivity index (χ3v) is 5.20. The molecule has 1 rings (SSSR count). The smallest absolute Gasteiger partial charge is 0.352 e. The van der Waals surface area contributed by atoms with Gasteiger partial charge in [0.05, 0.1) is 0 Å². The van der Waals surface area contributed by atoms with Gasteiger partial charge in [0.2, 0.25) is 5.91 Å². The molecule has 144 valence electrons. The largest absolute Gasteiger partial charge is 0.480 e. The molecule has 0 heterocycles. The van der Waals surface area contributed by atoms with Crippen LogP contribution in [0.25, 0.3) is 0 Å². The fourth-order valence-corrected chi connectivity index (χ4v) is 3.17. The highest BCUT2D eigenvalue weighted by atomic mass is 35.5. The fraction of sp³-hybridized carbons (Fsp3) is 0.688. The minimum absolute atomic E-state index is 0. The Morgan fingerprint density at radius 3 is 2.40 bits per heavy atom. The van der Waals surface area contributed by atoms with Gasteiger partial charge in [-0.2, -0.15) is 11.8 Å². The van der Waals surface area contributed by atoms with Crippen LogP contribution in [0.3, 0.4) is 0 Å². The van der Waals surface area contributed by atoms with Gasteiger partial charge < -0.3 is 21.3 Å². The number of nitrogens with one attached hydrogen (secondary N) is 1. The second kappa shape index (κ2) is 10.7. The van der Waals surface area contributed by atoms with Gasteiger partial charge in [0.25, 0.3) is 0 Å². The van der Waals surface area contributed by atoms with Gasteiger partial charge in [0, 0.05) is 11.7 Å². The van der Waals surface area contributed by atoms with E-state index >= 15 is 0 Å². The van der Waals surface area contributed by atoms with Gasteiger partial charge in [-0.1, -0.05) is 19.9 Å². The number of amides is 1. The van der Waals surface area contributed by atoms with Crippen LogP contribution in [-0.2, 0) is 14.4 Å². The lowest BCUT2D eigenvalue weighted by Gasteiger charge is -2.08. The van der Waals surface area contributed by atoms with Gasteiger partial charge in [-0.15, -0.1) is 12.4 Å². The summed E-state index contributed by atoms with van der Waals surface area (Å²) in [6.45, 7) is 3.96. The molecule has 9 heteroatoms. The SMILES string of the molecule is CC1(C)C[C@H]1C(=O)N/C(=C\CCCCSC[C@@H](N)C(=O)O)C(=O)O.Cl. The molecule has 7 nitrogen and oxygen atoms in total. The fourth-order valence-electron chi connectivity index (χ4n) is 2.20. The number of allylic oxidation sites excluding steroid dienone is 1. The molecule has 1 fully saturated rings. The Kier molecular flexibility index (Phi) is 10.1. The third kappa shape index (κ3) is 8.60. The van der Waals surface area contributed by atoms with E-state index in [1.807, 2.05) is 13.8 Å². The molecular weight excluding hydrogens is 368 g/mol. The van der Waals surface area contributed by atoms with E-state index in [0.29, 0.717) is 12.2 Å². The van der Waals surface area contributed by atoms with Crippen molar-refractivity contribution in [2.24, 2.45) is 17.1 Å². The highest BCUT2D eigenvalue weighted by Gasteiger charge is 2.50. The van der Waals surface area contributed by atoms with Crippen molar-refractivity contribution in [2.75, 3.05) is 11.5 Å². The van der Waals surface area contributed by atoms with E-state index in [4.69, 9.17) is 15.9 Å². The number of carboxylic acids is 2. The molecular formula is C16H27ClN2O5S. The molecule has 0 spiro atoms. The molecule has 5 N–H and O–H groups in total. The topological polar surface area (TPSA) is 130 Å². The van der Waals surface area contributed by atoms with Crippen LogP contribution in [0, 0.1) is 11.3 Å². The van der Waals surface area contributed by atoms with Gasteiger partial charge in [-0.05, 0) is 36.9 Å². The highest BCUT2D eigenvalue weighted by Crippen LogP contribution is 2.51. The molecule has 1 aliphatic rings. The lowest BCUT2D eigenvalue weighted by atomic mass is 10.1. The molecule has 0 aromatic carbocycles. The van der Waals surface area contributed by atoms with Gasteiger partial charge in [-0.3, -0.25) is 9.59 Å². The van der Waals surface area contributed by atoms with Crippen LogP contribution in [0.2, 0.25) is 0 Å². The maximum absolute atomic E-state index is 12.0. The number of carbonyl (C=O) groups is 3. The standard InChI is InChI=1S/C16H26N2O5S.ClH/c1-16(2)8-10(16)13(19)18-12(15(22)23)6-4-3-5-7-24-9-11(17)14(20)21;/h6,10-11H,3-5,7-9,17H2,1-2H3,(H,18,19)(H,20,21)(H,22,23);1H/b12-6-;/t10-,11+;/m0./s1. The average Bonchev–Trinajstić information content (AvgIpc) is 3.13. The second-order valence-corrected chi connectivity index (χ2v) is 7.82. The van der Waals surface area contributed by atoms with Gasteiger partial charge in [0.15, 0.2) is 0 Å². The number of aliphatic carboxylic acids is 2.